The zero-order valence-electron chi connectivity index (χ0n) is 11.2. The molecular weight excluding hydrogens is 265 g/mol. The Kier molecular flexibility index (Phi) is 3.92. The van der Waals surface area contributed by atoms with Gasteiger partial charge in [0.05, 0.1) is 30.6 Å². The van der Waals surface area contributed by atoms with Crippen LogP contribution in [-0.2, 0) is 9.59 Å². The summed E-state index contributed by atoms with van der Waals surface area (Å²) < 4.78 is 18.9. The molecule has 2 N–H and O–H groups in total. The van der Waals surface area contributed by atoms with E-state index in [0.717, 1.165) is 0 Å². The fourth-order valence-corrected chi connectivity index (χ4v) is 2.27. The van der Waals surface area contributed by atoms with E-state index in [4.69, 9.17) is 9.84 Å². The van der Waals surface area contributed by atoms with Crippen LogP contribution in [0.4, 0.5) is 4.39 Å². The number of hydrogen-bond donors (Lipinski definition) is 2. The van der Waals surface area contributed by atoms with E-state index in [1.165, 1.54) is 19.2 Å². The Balaban J connectivity index is 2.08. The molecule has 1 saturated carbocycles. The normalized spacial score (nSPS) is 21.9. The Morgan fingerprint density at radius 1 is 1.45 bits per heavy atom. The van der Waals surface area contributed by atoms with Gasteiger partial charge in [0, 0.05) is 0 Å². The molecule has 1 aromatic rings. The molecule has 5 nitrogen and oxygen atoms in total. The van der Waals surface area contributed by atoms with Gasteiger partial charge < -0.3 is 15.2 Å². The molecule has 2 rings (SSSR count). The summed E-state index contributed by atoms with van der Waals surface area (Å²) in [6.45, 7) is 1.64. The molecule has 0 aliphatic heterocycles. The number of carboxylic acids is 1. The number of hydrogen-bond acceptors (Lipinski definition) is 3. The third-order valence-corrected chi connectivity index (χ3v) is 3.47. The summed E-state index contributed by atoms with van der Waals surface area (Å²) in [5.41, 5.74) is 0.260. The van der Waals surface area contributed by atoms with E-state index in [2.05, 4.69) is 5.32 Å². The number of halogens is 1. The number of carbonyl (C=O) groups excluding carboxylic acids is 1. The van der Waals surface area contributed by atoms with Gasteiger partial charge in [-0.05, 0) is 25.5 Å². The molecule has 0 unspecified atom stereocenters. The van der Waals surface area contributed by atoms with E-state index in [-0.39, 0.29) is 11.5 Å². The minimum atomic E-state index is -0.971. The van der Waals surface area contributed by atoms with Gasteiger partial charge in [0.15, 0.2) is 0 Å². The summed E-state index contributed by atoms with van der Waals surface area (Å²) in [7, 11) is 1.42. The molecular formula is C14H16FNO4. The second kappa shape index (κ2) is 5.48. The topological polar surface area (TPSA) is 75.6 Å². The summed E-state index contributed by atoms with van der Waals surface area (Å²) in [6.07, 6.45) is 0.336. The maximum atomic E-state index is 13.8. The predicted octanol–water partition coefficient (Wildman–Crippen LogP) is 1.73. The molecule has 1 amide bonds. The van der Waals surface area contributed by atoms with Crippen LogP contribution in [0.25, 0.3) is 0 Å². The summed E-state index contributed by atoms with van der Waals surface area (Å²) in [5.74, 6) is -2.60. The first-order chi connectivity index (χ1) is 9.45. The number of ether oxygens (including phenoxy) is 1. The van der Waals surface area contributed by atoms with Gasteiger partial charge in [-0.25, -0.2) is 4.39 Å². The molecule has 0 aromatic heterocycles. The van der Waals surface area contributed by atoms with Crippen LogP contribution in [0.5, 0.6) is 5.75 Å². The third-order valence-electron chi connectivity index (χ3n) is 3.47. The molecule has 1 aliphatic carbocycles. The van der Waals surface area contributed by atoms with Crippen LogP contribution in [0.3, 0.4) is 0 Å². The first-order valence-corrected chi connectivity index (χ1v) is 6.31. The highest BCUT2D eigenvalue weighted by molar-refractivity contribution is 5.89. The molecule has 3 atom stereocenters. The number of nitrogens with one attached hydrogen (secondary N) is 1. The first-order valence-electron chi connectivity index (χ1n) is 6.31. The second-order valence-electron chi connectivity index (χ2n) is 4.87. The smallest absolute Gasteiger partial charge is 0.307 e. The van der Waals surface area contributed by atoms with Crippen LogP contribution in [0, 0.1) is 17.7 Å². The number of rotatable bonds is 5. The van der Waals surface area contributed by atoms with Crippen molar-refractivity contribution in [3.63, 3.8) is 0 Å². The maximum Gasteiger partial charge on any atom is 0.307 e. The maximum absolute atomic E-state index is 13.8. The Hall–Kier alpha value is -2.11. The van der Waals surface area contributed by atoms with Gasteiger partial charge in [0.2, 0.25) is 5.91 Å². The van der Waals surface area contributed by atoms with Crippen LogP contribution < -0.4 is 10.1 Å². The summed E-state index contributed by atoms with van der Waals surface area (Å²) in [6, 6.07) is 3.83. The zero-order chi connectivity index (χ0) is 14.9. The fourth-order valence-electron chi connectivity index (χ4n) is 2.27. The van der Waals surface area contributed by atoms with Crippen LogP contribution in [0.1, 0.15) is 24.9 Å². The van der Waals surface area contributed by atoms with Crippen molar-refractivity contribution in [1.29, 1.82) is 0 Å². The highest BCUT2D eigenvalue weighted by Gasteiger charge is 2.48. The highest BCUT2D eigenvalue weighted by atomic mass is 19.1. The molecule has 20 heavy (non-hydrogen) atoms. The van der Waals surface area contributed by atoms with Crippen molar-refractivity contribution in [3.8, 4) is 5.75 Å². The van der Waals surface area contributed by atoms with Crippen LogP contribution >= 0.6 is 0 Å². The third kappa shape index (κ3) is 2.74. The van der Waals surface area contributed by atoms with Crippen molar-refractivity contribution in [2.24, 2.45) is 11.8 Å². The van der Waals surface area contributed by atoms with Gasteiger partial charge in [-0.3, -0.25) is 9.59 Å². The lowest BCUT2D eigenvalue weighted by molar-refractivity contribution is -0.140. The predicted molar refractivity (Wildman–Crippen MR) is 68.7 cm³/mol. The van der Waals surface area contributed by atoms with E-state index in [0.29, 0.717) is 12.2 Å². The van der Waals surface area contributed by atoms with E-state index >= 15 is 0 Å². The van der Waals surface area contributed by atoms with Crippen molar-refractivity contribution in [1.82, 2.24) is 5.32 Å². The van der Waals surface area contributed by atoms with Gasteiger partial charge in [-0.1, -0.05) is 6.07 Å². The first kappa shape index (κ1) is 14.3. The summed E-state index contributed by atoms with van der Waals surface area (Å²) in [4.78, 5) is 22.6. The monoisotopic (exact) mass is 281 g/mol. The fraction of sp³-hybridized carbons (Fsp3) is 0.429. The quantitative estimate of drug-likeness (QED) is 0.862. The van der Waals surface area contributed by atoms with E-state index in [1.807, 2.05) is 0 Å². The Labute approximate surface area is 115 Å². The molecule has 0 radical (unpaired) electrons. The van der Waals surface area contributed by atoms with Crippen LogP contribution in [-0.4, -0.2) is 24.1 Å². The van der Waals surface area contributed by atoms with Crippen LogP contribution in [0.2, 0.25) is 0 Å². The van der Waals surface area contributed by atoms with E-state index < -0.39 is 29.7 Å². The molecule has 108 valence electrons. The van der Waals surface area contributed by atoms with Crippen molar-refractivity contribution >= 4 is 11.9 Å². The molecule has 1 aromatic carbocycles. The highest BCUT2D eigenvalue weighted by Crippen LogP contribution is 2.39. The summed E-state index contributed by atoms with van der Waals surface area (Å²) >= 11 is 0. The number of benzene rings is 1. The lowest BCUT2D eigenvalue weighted by Gasteiger charge is -2.18. The number of methoxy groups -OCH3 is 1. The minimum absolute atomic E-state index is 0.260. The SMILES string of the molecule is COc1cccc(F)c1[C@H](C)NC(=O)[C@@H]1C[C@@H]1C(=O)O. The largest absolute Gasteiger partial charge is 0.496 e. The average Bonchev–Trinajstić information content (AvgIpc) is 3.18. The van der Waals surface area contributed by atoms with Crippen LogP contribution in [0.15, 0.2) is 18.2 Å². The van der Waals surface area contributed by atoms with Crippen molar-refractivity contribution in [3.05, 3.63) is 29.6 Å². The molecule has 0 bridgehead atoms. The van der Waals surface area contributed by atoms with Gasteiger partial charge in [0.1, 0.15) is 11.6 Å². The molecule has 0 saturated heterocycles. The number of carboxylic acid groups (broad SMARTS) is 1. The Bertz CT molecular complexity index is 546. The standard InChI is InChI=1S/C14H16FNO4/c1-7(12-10(15)4-3-5-11(12)20-2)16-13(17)8-6-9(8)14(18)19/h3-5,7-9H,6H2,1-2H3,(H,16,17)(H,18,19)/t7-,8+,9-/m0/s1. The van der Waals surface area contributed by atoms with Gasteiger partial charge in [0.25, 0.3) is 0 Å². The van der Waals surface area contributed by atoms with Gasteiger partial charge in [-0.2, -0.15) is 0 Å². The minimum Gasteiger partial charge on any atom is -0.496 e. The van der Waals surface area contributed by atoms with Crippen molar-refractivity contribution in [2.75, 3.05) is 7.11 Å². The van der Waals surface area contributed by atoms with E-state index in [1.54, 1.807) is 13.0 Å². The van der Waals surface area contributed by atoms with Gasteiger partial charge >= 0.3 is 5.97 Å². The number of carbonyl (C=O) groups is 2. The van der Waals surface area contributed by atoms with E-state index in [9.17, 15) is 14.0 Å². The number of aliphatic carboxylic acids is 1. The lowest BCUT2D eigenvalue weighted by atomic mass is 10.1. The Morgan fingerprint density at radius 2 is 2.15 bits per heavy atom. The number of amides is 1. The molecule has 6 heteroatoms. The Morgan fingerprint density at radius 3 is 2.70 bits per heavy atom. The molecule has 0 spiro atoms. The molecule has 1 fully saturated rings. The second-order valence-corrected chi connectivity index (χ2v) is 4.87. The summed E-state index contributed by atoms with van der Waals surface area (Å²) in [5, 5.41) is 11.4. The molecule has 1 aliphatic rings. The zero-order valence-corrected chi connectivity index (χ0v) is 11.2. The lowest BCUT2D eigenvalue weighted by Crippen LogP contribution is -2.30. The molecule has 0 heterocycles. The van der Waals surface area contributed by atoms with Crippen molar-refractivity contribution in [2.45, 2.75) is 19.4 Å². The van der Waals surface area contributed by atoms with Gasteiger partial charge in [-0.15, -0.1) is 0 Å². The van der Waals surface area contributed by atoms with Crippen molar-refractivity contribution < 1.29 is 23.8 Å². The average molecular weight is 281 g/mol.